The standard InChI is InChI=1S/C11H16F3NO/c1-2-3-4-6-15-7-5-9(8-15)10(16)11(12,13)14/h5,7-8,10,16H,2-4,6H2,1H3. The SMILES string of the molecule is CCCCCn1ccc(C(O)C(F)(F)F)c1. The predicted octanol–water partition coefficient (Wildman–Crippen LogP) is 3.27. The summed E-state index contributed by atoms with van der Waals surface area (Å²) >= 11 is 0. The Balaban J connectivity index is 2.57. The van der Waals surface area contributed by atoms with E-state index in [0.717, 1.165) is 19.3 Å². The second-order valence-electron chi connectivity index (χ2n) is 3.83. The smallest absolute Gasteiger partial charge is 0.379 e. The number of alkyl halides is 3. The summed E-state index contributed by atoms with van der Waals surface area (Å²) in [5.41, 5.74) is -0.0935. The van der Waals surface area contributed by atoms with Gasteiger partial charge in [-0.2, -0.15) is 13.2 Å². The van der Waals surface area contributed by atoms with Gasteiger partial charge in [0.1, 0.15) is 0 Å². The van der Waals surface area contributed by atoms with E-state index in [2.05, 4.69) is 6.92 Å². The summed E-state index contributed by atoms with van der Waals surface area (Å²) in [5, 5.41) is 9.00. The fourth-order valence-corrected chi connectivity index (χ4v) is 1.49. The van der Waals surface area contributed by atoms with Gasteiger partial charge in [0, 0.05) is 24.5 Å². The summed E-state index contributed by atoms with van der Waals surface area (Å²) < 4.78 is 38.3. The molecule has 2 nitrogen and oxygen atoms in total. The molecule has 0 radical (unpaired) electrons. The summed E-state index contributed by atoms with van der Waals surface area (Å²) in [6.07, 6.45) is -0.981. The van der Waals surface area contributed by atoms with Crippen LogP contribution in [0.15, 0.2) is 18.5 Å². The van der Waals surface area contributed by atoms with Crippen molar-refractivity contribution in [2.45, 2.75) is 45.0 Å². The van der Waals surface area contributed by atoms with Gasteiger partial charge in [0.2, 0.25) is 0 Å². The number of aryl methyl sites for hydroxylation is 1. The van der Waals surface area contributed by atoms with E-state index in [1.54, 1.807) is 10.8 Å². The highest BCUT2D eigenvalue weighted by Gasteiger charge is 2.39. The van der Waals surface area contributed by atoms with Gasteiger partial charge in [-0.3, -0.25) is 0 Å². The number of aromatic nitrogens is 1. The van der Waals surface area contributed by atoms with Crippen LogP contribution < -0.4 is 0 Å². The molecule has 1 aromatic heterocycles. The van der Waals surface area contributed by atoms with Crippen molar-refractivity contribution in [1.82, 2.24) is 4.57 Å². The van der Waals surface area contributed by atoms with Crippen LogP contribution in [-0.2, 0) is 6.54 Å². The van der Waals surface area contributed by atoms with Crippen molar-refractivity contribution in [3.8, 4) is 0 Å². The van der Waals surface area contributed by atoms with E-state index in [4.69, 9.17) is 5.11 Å². The van der Waals surface area contributed by atoms with Gasteiger partial charge in [-0.1, -0.05) is 19.8 Å². The number of nitrogens with zero attached hydrogens (tertiary/aromatic N) is 1. The summed E-state index contributed by atoms with van der Waals surface area (Å²) in [7, 11) is 0. The van der Waals surface area contributed by atoms with E-state index >= 15 is 0 Å². The van der Waals surface area contributed by atoms with Crippen molar-refractivity contribution in [3.63, 3.8) is 0 Å². The minimum Gasteiger partial charge on any atom is -0.379 e. The van der Waals surface area contributed by atoms with E-state index in [0.29, 0.717) is 6.54 Å². The largest absolute Gasteiger partial charge is 0.418 e. The molecule has 1 atom stereocenters. The molecule has 0 fully saturated rings. The third kappa shape index (κ3) is 3.56. The first-order chi connectivity index (χ1) is 7.45. The Kier molecular flexibility index (Phi) is 4.41. The molecule has 92 valence electrons. The molecule has 0 saturated carbocycles. The van der Waals surface area contributed by atoms with Crippen molar-refractivity contribution in [3.05, 3.63) is 24.0 Å². The van der Waals surface area contributed by atoms with Gasteiger partial charge in [0.05, 0.1) is 0 Å². The topological polar surface area (TPSA) is 25.2 Å². The van der Waals surface area contributed by atoms with Gasteiger partial charge < -0.3 is 9.67 Å². The highest BCUT2D eigenvalue weighted by atomic mass is 19.4. The van der Waals surface area contributed by atoms with Gasteiger partial charge in [-0.05, 0) is 12.5 Å². The molecular formula is C11H16F3NO. The zero-order valence-electron chi connectivity index (χ0n) is 9.17. The first-order valence-corrected chi connectivity index (χ1v) is 5.35. The van der Waals surface area contributed by atoms with Crippen LogP contribution in [0.1, 0.15) is 37.9 Å². The van der Waals surface area contributed by atoms with Crippen LogP contribution in [0.25, 0.3) is 0 Å². The molecule has 0 amide bonds. The molecule has 1 rings (SSSR count). The van der Waals surface area contributed by atoms with Crippen LogP contribution in [-0.4, -0.2) is 15.8 Å². The molecule has 1 heterocycles. The molecule has 16 heavy (non-hydrogen) atoms. The van der Waals surface area contributed by atoms with E-state index < -0.39 is 12.3 Å². The highest BCUT2D eigenvalue weighted by molar-refractivity contribution is 5.15. The monoisotopic (exact) mass is 235 g/mol. The van der Waals surface area contributed by atoms with E-state index in [-0.39, 0.29) is 5.56 Å². The maximum Gasteiger partial charge on any atom is 0.418 e. The Hall–Kier alpha value is -0.970. The van der Waals surface area contributed by atoms with Crippen LogP contribution in [0.3, 0.4) is 0 Å². The zero-order chi connectivity index (χ0) is 12.2. The number of hydrogen-bond donors (Lipinski definition) is 1. The average molecular weight is 235 g/mol. The minimum absolute atomic E-state index is 0.0935. The number of halogens is 3. The number of unbranched alkanes of at least 4 members (excludes halogenated alkanes) is 2. The molecule has 0 aliphatic heterocycles. The maximum absolute atomic E-state index is 12.2. The van der Waals surface area contributed by atoms with Crippen LogP contribution in [0.5, 0.6) is 0 Å². The number of aliphatic hydroxyl groups is 1. The first-order valence-electron chi connectivity index (χ1n) is 5.35. The van der Waals surface area contributed by atoms with Crippen molar-refractivity contribution >= 4 is 0 Å². The Morgan fingerprint density at radius 3 is 2.62 bits per heavy atom. The Labute approximate surface area is 92.7 Å². The Morgan fingerprint density at radius 2 is 2.06 bits per heavy atom. The molecule has 0 aromatic carbocycles. The molecule has 1 aromatic rings. The predicted molar refractivity (Wildman–Crippen MR) is 55.0 cm³/mol. The minimum atomic E-state index is -4.59. The number of aliphatic hydroxyl groups excluding tert-OH is 1. The molecule has 5 heteroatoms. The zero-order valence-corrected chi connectivity index (χ0v) is 9.17. The third-order valence-corrected chi connectivity index (χ3v) is 2.42. The highest BCUT2D eigenvalue weighted by Crippen LogP contribution is 2.32. The van der Waals surface area contributed by atoms with Crippen LogP contribution >= 0.6 is 0 Å². The van der Waals surface area contributed by atoms with Crippen molar-refractivity contribution < 1.29 is 18.3 Å². The fraction of sp³-hybridized carbons (Fsp3) is 0.636. The average Bonchev–Trinajstić information content (AvgIpc) is 2.64. The number of hydrogen-bond acceptors (Lipinski definition) is 1. The summed E-state index contributed by atoms with van der Waals surface area (Å²) in [5.74, 6) is 0. The van der Waals surface area contributed by atoms with Crippen molar-refractivity contribution in [1.29, 1.82) is 0 Å². The van der Waals surface area contributed by atoms with Crippen LogP contribution in [0.2, 0.25) is 0 Å². The maximum atomic E-state index is 12.2. The normalized spacial score (nSPS) is 14.1. The lowest BCUT2D eigenvalue weighted by Gasteiger charge is -2.12. The molecule has 1 unspecified atom stereocenters. The lowest BCUT2D eigenvalue weighted by atomic mass is 10.2. The molecule has 0 aliphatic rings. The fourth-order valence-electron chi connectivity index (χ4n) is 1.49. The molecule has 1 N–H and O–H groups in total. The summed E-state index contributed by atoms with van der Waals surface area (Å²) in [6.45, 7) is 2.76. The van der Waals surface area contributed by atoms with Crippen LogP contribution in [0, 0.1) is 0 Å². The van der Waals surface area contributed by atoms with Crippen molar-refractivity contribution in [2.24, 2.45) is 0 Å². The van der Waals surface area contributed by atoms with Gasteiger partial charge >= 0.3 is 6.18 Å². The molecule has 0 spiro atoms. The third-order valence-electron chi connectivity index (χ3n) is 2.42. The first kappa shape index (κ1) is 13.1. The second-order valence-corrected chi connectivity index (χ2v) is 3.83. The lowest BCUT2D eigenvalue weighted by Crippen LogP contribution is -2.19. The van der Waals surface area contributed by atoms with Crippen LogP contribution in [0.4, 0.5) is 13.2 Å². The van der Waals surface area contributed by atoms with E-state index in [9.17, 15) is 13.2 Å². The quantitative estimate of drug-likeness (QED) is 0.778. The van der Waals surface area contributed by atoms with Gasteiger partial charge in [0.15, 0.2) is 6.10 Å². The molecule has 0 bridgehead atoms. The molecule has 0 aliphatic carbocycles. The van der Waals surface area contributed by atoms with Gasteiger partial charge in [-0.15, -0.1) is 0 Å². The summed E-state index contributed by atoms with van der Waals surface area (Å²) in [4.78, 5) is 0. The molecular weight excluding hydrogens is 219 g/mol. The lowest BCUT2D eigenvalue weighted by molar-refractivity contribution is -0.206. The van der Waals surface area contributed by atoms with Gasteiger partial charge in [-0.25, -0.2) is 0 Å². The Bertz CT molecular complexity index is 319. The van der Waals surface area contributed by atoms with Gasteiger partial charge in [0.25, 0.3) is 0 Å². The van der Waals surface area contributed by atoms with Crippen molar-refractivity contribution in [2.75, 3.05) is 0 Å². The number of rotatable bonds is 5. The second kappa shape index (κ2) is 5.39. The summed E-state index contributed by atoms with van der Waals surface area (Å²) in [6, 6.07) is 1.31. The van der Waals surface area contributed by atoms with E-state index in [1.165, 1.54) is 12.3 Å². The van der Waals surface area contributed by atoms with E-state index in [1.807, 2.05) is 0 Å². The molecule has 0 saturated heterocycles. The Morgan fingerprint density at radius 1 is 1.38 bits per heavy atom.